The van der Waals surface area contributed by atoms with Gasteiger partial charge in [-0.2, -0.15) is 0 Å². The molecule has 4 rings (SSSR count). The Labute approximate surface area is 127 Å². The fourth-order valence-electron chi connectivity index (χ4n) is 2.79. The van der Waals surface area contributed by atoms with E-state index in [1.807, 2.05) is 24.4 Å². The zero-order valence-electron chi connectivity index (χ0n) is 11.4. The molecular weight excluding hydrogens is 280 g/mol. The van der Waals surface area contributed by atoms with Gasteiger partial charge in [0, 0.05) is 42.4 Å². The quantitative estimate of drug-likeness (QED) is 0.677. The number of aromatic amines is 1. The average Bonchev–Trinajstić information content (AvgIpc) is 2.54. The molecule has 21 heavy (non-hydrogen) atoms. The molecule has 5 heteroatoms. The van der Waals surface area contributed by atoms with Crippen LogP contribution in [0.4, 0.5) is 0 Å². The van der Waals surface area contributed by atoms with Crippen LogP contribution in [0.3, 0.4) is 0 Å². The molecule has 0 saturated carbocycles. The fourth-order valence-corrected chi connectivity index (χ4v) is 3.07. The van der Waals surface area contributed by atoms with Crippen LogP contribution in [0.15, 0.2) is 36.5 Å². The number of nitrogens with one attached hydrogen (secondary N) is 2. The lowest BCUT2D eigenvalue weighted by molar-refractivity contribution is 0.624. The second-order valence-electron chi connectivity index (χ2n) is 5.16. The SMILES string of the molecule is S=c1nc(-c2nccc3ccccc23)[nH]c2c1CNCC2. The summed E-state index contributed by atoms with van der Waals surface area (Å²) in [5, 5.41) is 5.57. The van der Waals surface area contributed by atoms with Gasteiger partial charge in [0.15, 0.2) is 5.82 Å². The highest BCUT2D eigenvalue weighted by atomic mass is 32.1. The Bertz CT molecular complexity index is 880. The van der Waals surface area contributed by atoms with Crippen LogP contribution in [0.5, 0.6) is 0 Å². The number of aromatic nitrogens is 3. The molecule has 1 aliphatic rings. The predicted octanol–water partition coefficient (Wildman–Crippen LogP) is 3.00. The third kappa shape index (κ3) is 2.14. The van der Waals surface area contributed by atoms with Gasteiger partial charge in [0.25, 0.3) is 0 Å². The molecular formula is C16H14N4S. The van der Waals surface area contributed by atoms with Gasteiger partial charge in [0.1, 0.15) is 10.3 Å². The number of pyridine rings is 1. The molecule has 4 nitrogen and oxygen atoms in total. The minimum absolute atomic E-state index is 0.667. The minimum atomic E-state index is 0.667. The van der Waals surface area contributed by atoms with Crippen molar-refractivity contribution in [3.63, 3.8) is 0 Å². The van der Waals surface area contributed by atoms with E-state index in [-0.39, 0.29) is 0 Å². The standard InChI is InChI=1S/C16H14N4S/c21-16-12-9-17-7-6-13(12)19-15(20-16)14-11-4-2-1-3-10(11)5-8-18-14/h1-5,8,17H,6-7,9H2,(H,19,20,21). The monoisotopic (exact) mass is 294 g/mol. The number of hydrogen-bond donors (Lipinski definition) is 2. The Hall–Kier alpha value is -2.11. The zero-order valence-corrected chi connectivity index (χ0v) is 12.2. The Balaban J connectivity index is 1.97. The van der Waals surface area contributed by atoms with Crippen molar-refractivity contribution in [2.75, 3.05) is 6.54 Å². The lowest BCUT2D eigenvalue weighted by atomic mass is 10.1. The molecule has 2 N–H and O–H groups in total. The molecule has 0 saturated heterocycles. The maximum Gasteiger partial charge on any atom is 0.158 e. The summed E-state index contributed by atoms with van der Waals surface area (Å²) >= 11 is 5.45. The maximum atomic E-state index is 5.45. The van der Waals surface area contributed by atoms with Gasteiger partial charge < -0.3 is 10.3 Å². The van der Waals surface area contributed by atoms with Gasteiger partial charge in [-0.15, -0.1) is 0 Å². The van der Waals surface area contributed by atoms with Crippen LogP contribution >= 0.6 is 12.2 Å². The van der Waals surface area contributed by atoms with Crippen LogP contribution in [-0.2, 0) is 13.0 Å². The van der Waals surface area contributed by atoms with Gasteiger partial charge >= 0.3 is 0 Å². The number of benzene rings is 1. The number of rotatable bonds is 1. The Morgan fingerprint density at radius 1 is 1.14 bits per heavy atom. The normalized spacial score (nSPS) is 14.1. The van der Waals surface area contributed by atoms with Gasteiger partial charge in [-0.05, 0) is 11.5 Å². The molecule has 0 bridgehead atoms. The molecule has 104 valence electrons. The van der Waals surface area contributed by atoms with Crippen LogP contribution in [0.1, 0.15) is 11.3 Å². The van der Waals surface area contributed by atoms with Crippen LogP contribution in [0.25, 0.3) is 22.3 Å². The molecule has 0 fully saturated rings. The first kappa shape index (κ1) is 12.6. The summed E-state index contributed by atoms with van der Waals surface area (Å²) in [7, 11) is 0. The van der Waals surface area contributed by atoms with E-state index in [0.717, 1.165) is 47.4 Å². The first-order valence-electron chi connectivity index (χ1n) is 7.00. The lowest BCUT2D eigenvalue weighted by Crippen LogP contribution is -2.25. The molecule has 1 aromatic carbocycles. The van der Waals surface area contributed by atoms with Crippen molar-refractivity contribution in [1.82, 2.24) is 20.3 Å². The molecule has 0 atom stereocenters. The zero-order chi connectivity index (χ0) is 14.2. The van der Waals surface area contributed by atoms with Crippen LogP contribution in [-0.4, -0.2) is 21.5 Å². The maximum absolute atomic E-state index is 5.45. The number of fused-ring (bicyclic) bond motifs is 2. The minimum Gasteiger partial charge on any atom is -0.341 e. The van der Waals surface area contributed by atoms with Crippen molar-refractivity contribution in [3.8, 4) is 11.5 Å². The Morgan fingerprint density at radius 3 is 3.00 bits per heavy atom. The Morgan fingerprint density at radius 2 is 2.05 bits per heavy atom. The van der Waals surface area contributed by atoms with E-state index in [4.69, 9.17) is 12.2 Å². The molecule has 0 aliphatic carbocycles. The second-order valence-corrected chi connectivity index (χ2v) is 5.54. The lowest BCUT2D eigenvalue weighted by Gasteiger charge is -2.17. The van der Waals surface area contributed by atoms with E-state index in [2.05, 4.69) is 32.4 Å². The van der Waals surface area contributed by atoms with Crippen LogP contribution in [0.2, 0.25) is 0 Å². The molecule has 0 unspecified atom stereocenters. The summed E-state index contributed by atoms with van der Waals surface area (Å²) in [5.74, 6) is 0.762. The van der Waals surface area contributed by atoms with Crippen LogP contribution < -0.4 is 5.32 Å². The number of nitrogens with zero attached hydrogens (tertiary/aromatic N) is 2. The molecule has 0 radical (unpaired) electrons. The summed E-state index contributed by atoms with van der Waals surface area (Å²) in [6.45, 7) is 1.76. The van der Waals surface area contributed by atoms with E-state index in [0.29, 0.717) is 4.64 Å². The highest BCUT2D eigenvalue weighted by Crippen LogP contribution is 2.25. The molecule has 3 aromatic rings. The molecule has 1 aliphatic heterocycles. The Kier molecular flexibility index (Phi) is 3.02. The fraction of sp³-hybridized carbons (Fsp3) is 0.188. The highest BCUT2D eigenvalue weighted by molar-refractivity contribution is 7.71. The largest absolute Gasteiger partial charge is 0.341 e. The topological polar surface area (TPSA) is 53.6 Å². The summed E-state index contributed by atoms with van der Waals surface area (Å²) < 4.78 is 0.667. The first-order valence-corrected chi connectivity index (χ1v) is 7.40. The third-order valence-corrected chi connectivity index (χ3v) is 4.19. The number of hydrogen-bond acceptors (Lipinski definition) is 4. The van der Waals surface area contributed by atoms with Crippen LogP contribution in [0, 0.1) is 4.64 Å². The highest BCUT2D eigenvalue weighted by Gasteiger charge is 2.15. The molecule has 3 heterocycles. The predicted molar refractivity (Wildman–Crippen MR) is 85.6 cm³/mol. The summed E-state index contributed by atoms with van der Waals surface area (Å²) in [6.07, 6.45) is 2.76. The van der Waals surface area contributed by atoms with Crippen molar-refractivity contribution in [1.29, 1.82) is 0 Å². The van der Waals surface area contributed by atoms with E-state index < -0.39 is 0 Å². The van der Waals surface area contributed by atoms with Crippen molar-refractivity contribution < 1.29 is 0 Å². The van der Waals surface area contributed by atoms with Gasteiger partial charge in [-0.25, -0.2) is 4.98 Å². The number of H-pyrrole nitrogens is 1. The molecule has 2 aromatic heterocycles. The molecule has 0 spiro atoms. The van der Waals surface area contributed by atoms with Gasteiger partial charge in [0.05, 0.1) is 0 Å². The average molecular weight is 294 g/mol. The van der Waals surface area contributed by atoms with Crippen molar-refractivity contribution >= 4 is 23.0 Å². The van der Waals surface area contributed by atoms with E-state index >= 15 is 0 Å². The summed E-state index contributed by atoms with van der Waals surface area (Å²) in [6, 6.07) is 10.2. The summed E-state index contributed by atoms with van der Waals surface area (Å²) in [4.78, 5) is 12.5. The smallest absolute Gasteiger partial charge is 0.158 e. The van der Waals surface area contributed by atoms with Crippen molar-refractivity contribution in [2.24, 2.45) is 0 Å². The second kappa shape index (κ2) is 5.02. The first-order chi connectivity index (χ1) is 10.3. The summed E-state index contributed by atoms with van der Waals surface area (Å²) in [5.41, 5.74) is 3.15. The molecule has 0 amide bonds. The van der Waals surface area contributed by atoms with Gasteiger partial charge in [-0.3, -0.25) is 4.98 Å². The van der Waals surface area contributed by atoms with E-state index in [1.165, 1.54) is 5.69 Å². The third-order valence-electron chi connectivity index (χ3n) is 3.86. The van der Waals surface area contributed by atoms with Crippen molar-refractivity contribution in [2.45, 2.75) is 13.0 Å². The van der Waals surface area contributed by atoms with E-state index in [9.17, 15) is 0 Å². The van der Waals surface area contributed by atoms with Gasteiger partial charge in [0.2, 0.25) is 0 Å². The van der Waals surface area contributed by atoms with Gasteiger partial charge in [-0.1, -0.05) is 36.5 Å². The van der Waals surface area contributed by atoms with E-state index in [1.54, 1.807) is 0 Å². The van der Waals surface area contributed by atoms with Crippen molar-refractivity contribution in [3.05, 3.63) is 52.4 Å².